The Kier molecular flexibility index (Phi) is 8.49. The summed E-state index contributed by atoms with van der Waals surface area (Å²) >= 11 is 13.1. The Bertz CT molecular complexity index is 1020. The first kappa shape index (κ1) is 23.5. The second-order valence-electron chi connectivity index (χ2n) is 6.20. The minimum Gasteiger partial charge on any atom is -0.506 e. The van der Waals surface area contributed by atoms with Gasteiger partial charge in [-0.1, -0.05) is 28.3 Å². The SMILES string of the molecule is CC(=O)C[C@H](NC(=O)CNC(=O)c1sccc1CN=[N+]=[N-])c1cc(Cl)cc(Cl)c1O. The first-order valence-corrected chi connectivity index (χ1v) is 10.2. The fourth-order valence-electron chi connectivity index (χ4n) is 2.63. The van der Waals surface area contributed by atoms with Crippen LogP contribution in [0.15, 0.2) is 28.7 Å². The van der Waals surface area contributed by atoms with E-state index in [1.807, 2.05) is 0 Å². The van der Waals surface area contributed by atoms with Crippen LogP contribution >= 0.6 is 34.5 Å². The zero-order valence-corrected chi connectivity index (χ0v) is 18.0. The molecule has 0 unspecified atom stereocenters. The molecule has 12 heteroatoms. The van der Waals surface area contributed by atoms with Crippen molar-refractivity contribution < 1.29 is 19.5 Å². The van der Waals surface area contributed by atoms with Gasteiger partial charge in [-0.2, -0.15) is 0 Å². The Hall–Kier alpha value is -2.78. The van der Waals surface area contributed by atoms with E-state index in [0.29, 0.717) is 10.4 Å². The van der Waals surface area contributed by atoms with E-state index < -0.39 is 17.9 Å². The van der Waals surface area contributed by atoms with E-state index in [1.165, 1.54) is 19.1 Å². The average Bonchev–Trinajstić information content (AvgIpc) is 3.15. The molecule has 2 amide bonds. The van der Waals surface area contributed by atoms with Crippen molar-refractivity contribution in [3.05, 3.63) is 60.1 Å². The predicted molar refractivity (Wildman–Crippen MR) is 114 cm³/mol. The fraction of sp³-hybridized carbons (Fsp3) is 0.278. The zero-order valence-electron chi connectivity index (χ0n) is 15.7. The van der Waals surface area contributed by atoms with Crippen LogP contribution < -0.4 is 10.6 Å². The summed E-state index contributed by atoms with van der Waals surface area (Å²) in [6.07, 6.45) is -0.106. The zero-order chi connectivity index (χ0) is 22.3. The number of hydrogen-bond acceptors (Lipinski definition) is 6. The van der Waals surface area contributed by atoms with Crippen LogP contribution in [0.1, 0.15) is 40.2 Å². The number of halogens is 2. The molecule has 30 heavy (non-hydrogen) atoms. The van der Waals surface area contributed by atoms with Crippen molar-refractivity contribution in [3.8, 4) is 5.75 Å². The molecule has 0 aliphatic rings. The second-order valence-corrected chi connectivity index (χ2v) is 7.96. The van der Waals surface area contributed by atoms with E-state index in [0.717, 1.165) is 11.3 Å². The molecule has 1 atom stereocenters. The number of rotatable bonds is 9. The summed E-state index contributed by atoms with van der Waals surface area (Å²) in [4.78, 5) is 39.3. The maximum absolute atomic E-state index is 12.4. The van der Waals surface area contributed by atoms with Gasteiger partial charge in [-0.25, -0.2) is 0 Å². The number of Topliss-reactive ketones (excluding diaryl/α,β-unsaturated/α-hetero) is 1. The van der Waals surface area contributed by atoms with E-state index in [2.05, 4.69) is 20.7 Å². The van der Waals surface area contributed by atoms with Crippen LogP contribution in [-0.4, -0.2) is 29.2 Å². The molecule has 0 aliphatic carbocycles. The van der Waals surface area contributed by atoms with Gasteiger partial charge in [0.1, 0.15) is 11.5 Å². The molecule has 0 aliphatic heterocycles. The van der Waals surface area contributed by atoms with Gasteiger partial charge in [0.2, 0.25) is 5.91 Å². The number of ketones is 1. The Morgan fingerprint density at radius 2 is 2.07 bits per heavy atom. The lowest BCUT2D eigenvalue weighted by Gasteiger charge is -2.20. The number of phenolic OH excluding ortho intramolecular Hbond substituents is 1. The third-order valence-electron chi connectivity index (χ3n) is 3.93. The maximum Gasteiger partial charge on any atom is 0.262 e. The lowest BCUT2D eigenvalue weighted by Crippen LogP contribution is -2.39. The minimum absolute atomic E-state index is 0.0149. The highest BCUT2D eigenvalue weighted by Gasteiger charge is 2.22. The maximum atomic E-state index is 12.4. The van der Waals surface area contributed by atoms with Crippen LogP contribution in [-0.2, 0) is 16.1 Å². The summed E-state index contributed by atoms with van der Waals surface area (Å²) in [5.41, 5.74) is 9.15. The molecule has 2 rings (SSSR count). The number of carbonyl (C=O) groups excluding carboxylic acids is 3. The molecule has 1 heterocycles. The number of carbonyl (C=O) groups is 3. The van der Waals surface area contributed by atoms with Gasteiger partial charge in [0, 0.05) is 21.9 Å². The number of hydrogen-bond donors (Lipinski definition) is 3. The Morgan fingerprint density at radius 1 is 1.33 bits per heavy atom. The van der Waals surface area contributed by atoms with Crippen LogP contribution in [0.2, 0.25) is 10.0 Å². The summed E-state index contributed by atoms with van der Waals surface area (Å²) in [6.45, 7) is 0.984. The van der Waals surface area contributed by atoms with Crippen molar-refractivity contribution in [1.29, 1.82) is 0 Å². The lowest BCUT2D eigenvalue weighted by molar-refractivity contribution is -0.121. The number of amides is 2. The summed E-state index contributed by atoms with van der Waals surface area (Å²) in [5, 5.41) is 20.6. The highest BCUT2D eigenvalue weighted by molar-refractivity contribution is 7.12. The van der Waals surface area contributed by atoms with Crippen molar-refractivity contribution >= 4 is 52.1 Å². The first-order valence-electron chi connectivity index (χ1n) is 8.55. The summed E-state index contributed by atoms with van der Waals surface area (Å²) < 4.78 is 0. The molecule has 3 N–H and O–H groups in total. The third kappa shape index (κ3) is 6.36. The first-order chi connectivity index (χ1) is 14.2. The predicted octanol–water partition coefficient (Wildman–Crippen LogP) is 4.14. The Labute approximate surface area is 185 Å². The van der Waals surface area contributed by atoms with Gasteiger partial charge in [0.25, 0.3) is 5.91 Å². The van der Waals surface area contributed by atoms with Gasteiger partial charge < -0.3 is 15.7 Å². The van der Waals surface area contributed by atoms with E-state index in [4.69, 9.17) is 28.7 Å². The van der Waals surface area contributed by atoms with E-state index in [1.54, 1.807) is 11.4 Å². The molecular formula is C18H17Cl2N5O4S. The number of thiophene rings is 1. The number of nitrogens with zero attached hydrogens (tertiary/aromatic N) is 3. The summed E-state index contributed by atoms with van der Waals surface area (Å²) in [5.74, 6) is -1.61. The summed E-state index contributed by atoms with van der Waals surface area (Å²) in [6, 6.07) is 3.51. The number of nitrogens with one attached hydrogen (secondary N) is 2. The van der Waals surface area contributed by atoms with Crippen LogP contribution in [0.25, 0.3) is 10.4 Å². The number of benzene rings is 1. The standard InChI is InChI=1S/C18H17Cl2N5O4S/c1-9(26)4-14(12-5-11(19)6-13(20)16(12)28)24-15(27)8-22-18(29)17-10(2-3-30-17)7-23-25-21/h2-3,5-6,14,28H,4,7-8H2,1H3,(H,22,29)(H,24,27)/t14-/m0/s1. The van der Waals surface area contributed by atoms with Gasteiger partial charge >= 0.3 is 0 Å². The molecule has 2 aromatic rings. The van der Waals surface area contributed by atoms with Crippen LogP contribution in [0.3, 0.4) is 0 Å². The quantitative estimate of drug-likeness (QED) is 0.287. The van der Waals surface area contributed by atoms with Crippen LogP contribution in [0.5, 0.6) is 5.75 Å². The monoisotopic (exact) mass is 469 g/mol. The summed E-state index contributed by atoms with van der Waals surface area (Å²) in [7, 11) is 0. The fourth-order valence-corrected chi connectivity index (χ4v) is 3.97. The molecule has 0 spiro atoms. The van der Waals surface area contributed by atoms with Gasteiger partial charge in [0.05, 0.1) is 29.0 Å². The topological polar surface area (TPSA) is 144 Å². The number of azide groups is 1. The highest BCUT2D eigenvalue weighted by atomic mass is 35.5. The van der Waals surface area contributed by atoms with Crippen molar-refractivity contribution in [3.63, 3.8) is 0 Å². The lowest BCUT2D eigenvalue weighted by atomic mass is 10.0. The molecule has 1 aromatic carbocycles. The Balaban J connectivity index is 2.08. The molecule has 1 aromatic heterocycles. The highest BCUT2D eigenvalue weighted by Crippen LogP contribution is 2.36. The second kappa shape index (κ2) is 10.8. The normalized spacial score (nSPS) is 11.3. The molecule has 0 saturated carbocycles. The smallest absolute Gasteiger partial charge is 0.262 e. The van der Waals surface area contributed by atoms with Gasteiger partial charge in [0.15, 0.2) is 0 Å². The largest absolute Gasteiger partial charge is 0.506 e. The van der Waals surface area contributed by atoms with E-state index in [-0.39, 0.29) is 46.7 Å². The van der Waals surface area contributed by atoms with E-state index in [9.17, 15) is 19.5 Å². The minimum atomic E-state index is -0.884. The van der Waals surface area contributed by atoms with Crippen molar-refractivity contribution in [2.75, 3.05) is 6.54 Å². The number of phenols is 1. The molecule has 0 fully saturated rings. The van der Waals surface area contributed by atoms with Crippen LogP contribution in [0.4, 0.5) is 0 Å². The van der Waals surface area contributed by atoms with Crippen molar-refractivity contribution in [1.82, 2.24) is 10.6 Å². The molecule has 158 valence electrons. The Morgan fingerprint density at radius 3 is 2.73 bits per heavy atom. The van der Waals surface area contributed by atoms with Gasteiger partial charge in [-0.15, -0.1) is 11.3 Å². The molecule has 9 nitrogen and oxygen atoms in total. The molecular weight excluding hydrogens is 453 g/mol. The molecule has 0 bridgehead atoms. The number of aromatic hydroxyl groups is 1. The van der Waals surface area contributed by atoms with Crippen molar-refractivity contribution in [2.45, 2.75) is 25.9 Å². The molecule has 0 radical (unpaired) electrons. The van der Waals surface area contributed by atoms with Crippen LogP contribution in [0, 0.1) is 0 Å². The average molecular weight is 470 g/mol. The van der Waals surface area contributed by atoms with Gasteiger partial charge in [-0.3, -0.25) is 14.4 Å². The van der Waals surface area contributed by atoms with Crippen molar-refractivity contribution in [2.24, 2.45) is 5.11 Å². The van der Waals surface area contributed by atoms with E-state index >= 15 is 0 Å². The third-order valence-corrected chi connectivity index (χ3v) is 5.39. The molecule has 0 saturated heterocycles. The van der Waals surface area contributed by atoms with Gasteiger partial charge in [-0.05, 0) is 41.6 Å².